The van der Waals surface area contributed by atoms with Gasteiger partial charge in [0, 0.05) is 0 Å². The second-order valence-electron chi connectivity index (χ2n) is 5.90. The summed E-state index contributed by atoms with van der Waals surface area (Å²) in [6.45, 7) is 6.36. The molecule has 0 N–H and O–H groups in total. The van der Waals surface area contributed by atoms with Gasteiger partial charge in [-0.2, -0.15) is 5.26 Å². The summed E-state index contributed by atoms with van der Waals surface area (Å²) >= 11 is 0. The summed E-state index contributed by atoms with van der Waals surface area (Å²) in [5.41, 5.74) is 4.97. The molecule has 0 amide bonds. The molecule has 0 bridgehead atoms. The van der Waals surface area contributed by atoms with E-state index in [1.807, 2.05) is 63.2 Å². The maximum Gasteiger partial charge on any atom is 0.348 e. The van der Waals surface area contributed by atoms with Crippen LogP contribution >= 0.6 is 0 Å². The third kappa shape index (κ3) is 4.71. The third-order valence-corrected chi connectivity index (χ3v) is 3.94. The number of aryl methyl sites for hydroxylation is 2. The summed E-state index contributed by atoms with van der Waals surface area (Å²) in [7, 11) is 1.26. The molecule has 0 radical (unpaired) electrons. The monoisotopic (exact) mass is 335 g/mol. The molecule has 0 aliphatic carbocycles. The summed E-state index contributed by atoms with van der Waals surface area (Å²) in [5.74, 6) is 0.164. The molecule has 25 heavy (non-hydrogen) atoms. The minimum Gasteiger partial charge on any atom is -0.489 e. The number of nitriles is 1. The number of hydrogen-bond donors (Lipinski definition) is 0. The van der Waals surface area contributed by atoms with Crippen LogP contribution in [0.15, 0.2) is 42.0 Å². The molecule has 2 aromatic rings. The Hall–Kier alpha value is -3.06. The molecule has 0 aliphatic heterocycles. The number of rotatable bonds is 5. The SMILES string of the molecule is COC(=O)C(C#N)=Cc1cc(C)cc(COc2ccc(C)cc2)c1C. The molecular weight excluding hydrogens is 314 g/mol. The number of hydrogen-bond acceptors (Lipinski definition) is 4. The quantitative estimate of drug-likeness (QED) is 0.465. The normalized spacial score (nSPS) is 10.9. The summed E-state index contributed by atoms with van der Waals surface area (Å²) in [5, 5.41) is 9.15. The van der Waals surface area contributed by atoms with Crippen molar-refractivity contribution in [3.63, 3.8) is 0 Å². The number of benzene rings is 2. The van der Waals surface area contributed by atoms with Gasteiger partial charge < -0.3 is 9.47 Å². The van der Waals surface area contributed by atoms with Gasteiger partial charge in [0.15, 0.2) is 0 Å². The molecule has 2 aromatic carbocycles. The fourth-order valence-corrected chi connectivity index (χ4v) is 2.46. The number of esters is 1. The fourth-order valence-electron chi connectivity index (χ4n) is 2.46. The van der Waals surface area contributed by atoms with E-state index in [1.54, 1.807) is 6.08 Å². The number of ether oxygens (including phenoxy) is 2. The third-order valence-electron chi connectivity index (χ3n) is 3.94. The Morgan fingerprint density at radius 3 is 2.40 bits per heavy atom. The lowest BCUT2D eigenvalue weighted by Gasteiger charge is -2.13. The zero-order valence-electron chi connectivity index (χ0n) is 14.9. The Morgan fingerprint density at radius 2 is 1.80 bits per heavy atom. The van der Waals surface area contributed by atoms with Crippen LogP contribution in [0.25, 0.3) is 6.08 Å². The van der Waals surface area contributed by atoms with Gasteiger partial charge in [0.05, 0.1) is 7.11 Å². The van der Waals surface area contributed by atoms with Crippen molar-refractivity contribution in [2.45, 2.75) is 27.4 Å². The molecule has 0 spiro atoms. The first kappa shape index (κ1) is 18.3. The summed E-state index contributed by atoms with van der Waals surface area (Å²) < 4.78 is 10.5. The highest BCUT2D eigenvalue weighted by Gasteiger charge is 2.11. The van der Waals surface area contributed by atoms with Gasteiger partial charge in [0.2, 0.25) is 0 Å². The van der Waals surface area contributed by atoms with Gasteiger partial charge in [-0.3, -0.25) is 0 Å². The molecule has 0 saturated carbocycles. The van der Waals surface area contributed by atoms with Crippen LogP contribution in [-0.4, -0.2) is 13.1 Å². The van der Waals surface area contributed by atoms with Crippen molar-refractivity contribution < 1.29 is 14.3 Å². The zero-order valence-corrected chi connectivity index (χ0v) is 14.9. The van der Waals surface area contributed by atoms with Gasteiger partial charge in [0.25, 0.3) is 0 Å². The first-order valence-electron chi connectivity index (χ1n) is 7.94. The molecule has 0 aliphatic rings. The lowest BCUT2D eigenvalue weighted by Crippen LogP contribution is -2.04. The Morgan fingerprint density at radius 1 is 1.12 bits per heavy atom. The van der Waals surface area contributed by atoms with Crippen molar-refractivity contribution >= 4 is 12.0 Å². The van der Waals surface area contributed by atoms with Crippen LogP contribution in [0.5, 0.6) is 5.75 Å². The van der Waals surface area contributed by atoms with E-state index in [0.717, 1.165) is 28.0 Å². The molecule has 0 aromatic heterocycles. The minimum atomic E-state index is -0.638. The molecule has 0 fully saturated rings. The van der Waals surface area contributed by atoms with Crippen LogP contribution in [0.3, 0.4) is 0 Å². The summed E-state index contributed by atoms with van der Waals surface area (Å²) in [4.78, 5) is 11.6. The van der Waals surface area contributed by atoms with E-state index < -0.39 is 5.97 Å². The first-order valence-corrected chi connectivity index (χ1v) is 7.94. The van der Waals surface area contributed by atoms with Gasteiger partial charge in [-0.15, -0.1) is 0 Å². The van der Waals surface area contributed by atoms with Gasteiger partial charge >= 0.3 is 5.97 Å². The average molecular weight is 335 g/mol. The highest BCUT2D eigenvalue weighted by atomic mass is 16.5. The lowest BCUT2D eigenvalue weighted by molar-refractivity contribution is -0.135. The molecular formula is C21H21NO3. The van der Waals surface area contributed by atoms with E-state index in [4.69, 9.17) is 10.00 Å². The van der Waals surface area contributed by atoms with Gasteiger partial charge in [-0.05, 0) is 55.7 Å². The number of nitrogens with zero attached hydrogens (tertiary/aromatic N) is 1. The predicted octanol–water partition coefficient (Wildman–Crippen LogP) is 4.27. The van der Waals surface area contributed by atoms with Crippen LogP contribution in [0.1, 0.15) is 27.8 Å². The predicted molar refractivity (Wildman–Crippen MR) is 97.0 cm³/mol. The van der Waals surface area contributed by atoms with E-state index in [1.165, 1.54) is 12.7 Å². The number of methoxy groups -OCH3 is 1. The Bertz CT molecular complexity index is 843. The maximum absolute atomic E-state index is 11.6. The molecule has 4 nitrogen and oxygen atoms in total. The molecule has 0 heterocycles. The van der Waals surface area contributed by atoms with Crippen LogP contribution in [0.2, 0.25) is 0 Å². The molecule has 0 unspecified atom stereocenters. The topological polar surface area (TPSA) is 59.3 Å². The molecule has 2 rings (SSSR count). The van der Waals surface area contributed by atoms with Crippen molar-refractivity contribution in [2.75, 3.05) is 7.11 Å². The first-order chi connectivity index (χ1) is 11.9. The largest absolute Gasteiger partial charge is 0.489 e. The second-order valence-corrected chi connectivity index (χ2v) is 5.90. The molecule has 128 valence electrons. The number of carbonyl (C=O) groups excluding carboxylic acids is 1. The van der Waals surface area contributed by atoms with Crippen LogP contribution in [0, 0.1) is 32.1 Å². The highest BCUT2D eigenvalue weighted by Crippen LogP contribution is 2.22. The van der Waals surface area contributed by atoms with Crippen LogP contribution in [-0.2, 0) is 16.1 Å². The van der Waals surface area contributed by atoms with Crippen molar-refractivity contribution in [2.24, 2.45) is 0 Å². The fraction of sp³-hybridized carbons (Fsp3) is 0.238. The number of carbonyl (C=O) groups is 1. The van der Waals surface area contributed by atoms with E-state index >= 15 is 0 Å². The maximum atomic E-state index is 11.6. The van der Waals surface area contributed by atoms with Crippen LogP contribution < -0.4 is 4.74 Å². The van der Waals surface area contributed by atoms with Crippen molar-refractivity contribution in [3.8, 4) is 11.8 Å². The van der Waals surface area contributed by atoms with E-state index in [2.05, 4.69) is 4.74 Å². The zero-order chi connectivity index (χ0) is 18.4. The Kier molecular flexibility index (Phi) is 5.97. The highest BCUT2D eigenvalue weighted by molar-refractivity contribution is 5.98. The van der Waals surface area contributed by atoms with Crippen molar-refractivity contribution in [1.29, 1.82) is 5.26 Å². The second kappa shape index (κ2) is 8.16. The Labute approximate surface area is 148 Å². The van der Waals surface area contributed by atoms with Gasteiger partial charge in [-0.25, -0.2) is 4.79 Å². The van der Waals surface area contributed by atoms with Crippen molar-refractivity contribution in [3.05, 3.63) is 69.8 Å². The van der Waals surface area contributed by atoms with Gasteiger partial charge in [-0.1, -0.05) is 35.4 Å². The Balaban J connectivity index is 2.30. The van der Waals surface area contributed by atoms with Crippen molar-refractivity contribution in [1.82, 2.24) is 0 Å². The molecule has 4 heteroatoms. The van der Waals surface area contributed by atoms with E-state index in [9.17, 15) is 4.79 Å². The average Bonchev–Trinajstić information content (AvgIpc) is 2.61. The van der Waals surface area contributed by atoms with Gasteiger partial charge in [0.1, 0.15) is 24.0 Å². The van der Waals surface area contributed by atoms with E-state index in [-0.39, 0.29) is 5.57 Å². The smallest absolute Gasteiger partial charge is 0.348 e. The molecule has 0 saturated heterocycles. The summed E-state index contributed by atoms with van der Waals surface area (Å²) in [6, 6.07) is 13.7. The minimum absolute atomic E-state index is 0.0263. The van der Waals surface area contributed by atoms with Crippen LogP contribution in [0.4, 0.5) is 0 Å². The van der Waals surface area contributed by atoms with E-state index in [0.29, 0.717) is 6.61 Å². The molecule has 0 atom stereocenters. The standard InChI is InChI=1S/C21H21NO3/c1-14-5-7-20(8-6-14)25-13-19-10-15(2)9-17(16(19)3)11-18(12-22)21(23)24-4/h5-11H,13H2,1-4H3. The lowest BCUT2D eigenvalue weighted by atomic mass is 9.98. The summed E-state index contributed by atoms with van der Waals surface area (Å²) in [6.07, 6.45) is 1.56.